The van der Waals surface area contributed by atoms with E-state index in [1.807, 2.05) is 26.0 Å². The van der Waals surface area contributed by atoms with Crippen LogP contribution >= 0.6 is 0 Å². The van der Waals surface area contributed by atoms with Crippen LogP contribution in [0, 0.1) is 11.8 Å². The van der Waals surface area contributed by atoms with E-state index in [2.05, 4.69) is 5.32 Å². The Labute approximate surface area is 169 Å². The molecule has 1 saturated carbocycles. The number of benzene rings is 1. The van der Waals surface area contributed by atoms with Gasteiger partial charge in [0.25, 0.3) is 5.91 Å². The van der Waals surface area contributed by atoms with Crippen LogP contribution < -0.4 is 5.32 Å². The molecule has 1 fully saturated rings. The molecular formula is C22H33NO4S. The first-order valence-electron chi connectivity index (χ1n) is 10.2. The first kappa shape index (κ1) is 22.6. The van der Waals surface area contributed by atoms with E-state index in [0.29, 0.717) is 12.0 Å². The molecule has 0 heterocycles. The van der Waals surface area contributed by atoms with Gasteiger partial charge in [0.15, 0.2) is 9.84 Å². The van der Waals surface area contributed by atoms with Gasteiger partial charge >= 0.3 is 0 Å². The van der Waals surface area contributed by atoms with Crippen LogP contribution in [0.2, 0.25) is 0 Å². The third-order valence-electron chi connectivity index (χ3n) is 5.48. The minimum atomic E-state index is -3.03. The fourth-order valence-corrected chi connectivity index (χ4v) is 5.06. The van der Waals surface area contributed by atoms with Gasteiger partial charge in [-0.3, -0.25) is 9.59 Å². The van der Waals surface area contributed by atoms with Gasteiger partial charge in [0.2, 0.25) is 0 Å². The van der Waals surface area contributed by atoms with Crippen LogP contribution in [0.3, 0.4) is 0 Å². The lowest BCUT2D eigenvalue weighted by molar-refractivity contribution is -0.123. The van der Waals surface area contributed by atoms with E-state index in [-0.39, 0.29) is 40.6 Å². The lowest BCUT2D eigenvalue weighted by atomic mass is 9.79. The van der Waals surface area contributed by atoms with Gasteiger partial charge in [-0.2, -0.15) is 0 Å². The molecule has 0 spiro atoms. The molecule has 1 N–H and O–H groups in total. The van der Waals surface area contributed by atoms with E-state index >= 15 is 0 Å². The van der Waals surface area contributed by atoms with Crippen molar-refractivity contribution in [1.29, 1.82) is 0 Å². The van der Waals surface area contributed by atoms with E-state index in [0.717, 1.165) is 31.2 Å². The number of rotatable bonds is 8. The first-order valence-corrected chi connectivity index (χ1v) is 11.9. The predicted molar refractivity (Wildman–Crippen MR) is 112 cm³/mol. The summed E-state index contributed by atoms with van der Waals surface area (Å²) in [6.07, 6.45) is 3.41. The molecule has 2 rings (SSSR count). The summed E-state index contributed by atoms with van der Waals surface area (Å²) >= 11 is 0. The monoisotopic (exact) mass is 407 g/mol. The second-order valence-corrected chi connectivity index (χ2v) is 11.2. The van der Waals surface area contributed by atoms with Crippen molar-refractivity contribution >= 4 is 21.5 Å². The standard InChI is InChI=1S/C22H33NO4S/c1-15(2)23-22(25)20-7-5-6-18(12-20)13-21(24)19-10-8-17(9-11-19)14-28(26,27)16(3)4/h5-7,12,15-17,19H,8-11,13-14H2,1-4H3,(H,23,25). The van der Waals surface area contributed by atoms with Crippen LogP contribution in [0.15, 0.2) is 24.3 Å². The molecule has 0 bridgehead atoms. The molecule has 6 heteroatoms. The minimum Gasteiger partial charge on any atom is -0.350 e. The molecule has 1 aromatic carbocycles. The van der Waals surface area contributed by atoms with E-state index in [1.165, 1.54) is 0 Å². The molecule has 0 atom stereocenters. The number of nitrogens with one attached hydrogen (secondary N) is 1. The summed E-state index contributed by atoms with van der Waals surface area (Å²) in [7, 11) is -3.03. The molecule has 1 aliphatic carbocycles. The summed E-state index contributed by atoms with van der Waals surface area (Å²) in [5.41, 5.74) is 1.42. The van der Waals surface area contributed by atoms with Gasteiger partial charge in [-0.05, 0) is 77.0 Å². The molecular weight excluding hydrogens is 374 g/mol. The fourth-order valence-electron chi connectivity index (χ4n) is 3.69. The number of hydrogen-bond donors (Lipinski definition) is 1. The largest absolute Gasteiger partial charge is 0.350 e. The molecule has 0 aliphatic heterocycles. The number of Topliss-reactive ketones (excluding diaryl/α,β-unsaturated/α-hetero) is 1. The van der Waals surface area contributed by atoms with Gasteiger partial charge in [0.1, 0.15) is 5.78 Å². The third-order valence-corrected chi connectivity index (χ3v) is 7.85. The number of carbonyl (C=O) groups excluding carboxylic acids is 2. The first-order chi connectivity index (χ1) is 13.1. The van der Waals surface area contributed by atoms with Crippen molar-refractivity contribution < 1.29 is 18.0 Å². The molecule has 1 amide bonds. The zero-order valence-electron chi connectivity index (χ0n) is 17.4. The van der Waals surface area contributed by atoms with Gasteiger partial charge in [-0.15, -0.1) is 0 Å². The SMILES string of the molecule is CC(C)NC(=O)c1cccc(CC(=O)C2CCC(CS(=O)(=O)C(C)C)CC2)c1. The highest BCUT2D eigenvalue weighted by atomic mass is 32.2. The van der Waals surface area contributed by atoms with E-state index in [9.17, 15) is 18.0 Å². The van der Waals surface area contributed by atoms with Gasteiger partial charge in [-0.25, -0.2) is 8.42 Å². The Balaban J connectivity index is 1.90. The average molecular weight is 408 g/mol. The van der Waals surface area contributed by atoms with Crippen LogP contribution in [-0.4, -0.2) is 37.2 Å². The van der Waals surface area contributed by atoms with Crippen molar-refractivity contribution in [2.24, 2.45) is 11.8 Å². The highest BCUT2D eigenvalue weighted by molar-refractivity contribution is 7.91. The second kappa shape index (κ2) is 9.68. The van der Waals surface area contributed by atoms with Crippen molar-refractivity contribution in [3.63, 3.8) is 0 Å². The normalized spacial score (nSPS) is 20.4. The number of sulfone groups is 1. The van der Waals surface area contributed by atoms with Crippen molar-refractivity contribution in [3.8, 4) is 0 Å². The lowest BCUT2D eigenvalue weighted by Crippen LogP contribution is -2.30. The minimum absolute atomic E-state index is 0.00819. The van der Waals surface area contributed by atoms with E-state index < -0.39 is 9.84 Å². The Morgan fingerprint density at radius 1 is 1.07 bits per heavy atom. The molecule has 1 aliphatic rings. The fraction of sp³-hybridized carbons (Fsp3) is 0.636. The van der Waals surface area contributed by atoms with Crippen LogP contribution in [0.5, 0.6) is 0 Å². The zero-order chi connectivity index (χ0) is 20.9. The summed E-state index contributed by atoms with van der Waals surface area (Å²) in [6.45, 7) is 7.27. The van der Waals surface area contributed by atoms with E-state index in [1.54, 1.807) is 26.0 Å². The highest BCUT2D eigenvalue weighted by Crippen LogP contribution is 2.31. The summed E-state index contributed by atoms with van der Waals surface area (Å²) in [5.74, 6) is 0.451. The summed E-state index contributed by atoms with van der Waals surface area (Å²) in [6, 6.07) is 7.30. The summed E-state index contributed by atoms with van der Waals surface area (Å²) < 4.78 is 24.2. The van der Waals surface area contributed by atoms with E-state index in [4.69, 9.17) is 0 Å². The van der Waals surface area contributed by atoms with Crippen LogP contribution in [0.4, 0.5) is 0 Å². The maximum absolute atomic E-state index is 12.7. The van der Waals surface area contributed by atoms with Crippen molar-refractivity contribution in [1.82, 2.24) is 5.32 Å². The van der Waals surface area contributed by atoms with Gasteiger partial charge in [0, 0.05) is 23.9 Å². The molecule has 0 aromatic heterocycles. The Kier molecular flexibility index (Phi) is 7.81. The Bertz CT molecular complexity index is 791. The molecule has 5 nitrogen and oxygen atoms in total. The lowest BCUT2D eigenvalue weighted by Gasteiger charge is -2.28. The molecule has 1 aromatic rings. The molecule has 156 valence electrons. The summed E-state index contributed by atoms with van der Waals surface area (Å²) in [4.78, 5) is 24.9. The smallest absolute Gasteiger partial charge is 0.251 e. The molecule has 28 heavy (non-hydrogen) atoms. The maximum atomic E-state index is 12.7. The molecule has 0 saturated heterocycles. The third kappa shape index (κ3) is 6.43. The number of amides is 1. The zero-order valence-corrected chi connectivity index (χ0v) is 18.2. The van der Waals surface area contributed by atoms with Gasteiger partial charge in [-0.1, -0.05) is 12.1 Å². The quantitative estimate of drug-likeness (QED) is 0.714. The van der Waals surface area contributed by atoms with Crippen LogP contribution in [0.1, 0.15) is 69.3 Å². The number of carbonyl (C=O) groups is 2. The van der Waals surface area contributed by atoms with Gasteiger partial charge < -0.3 is 5.32 Å². The van der Waals surface area contributed by atoms with Crippen LogP contribution in [0.25, 0.3) is 0 Å². The Hall–Kier alpha value is -1.69. The number of hydrogen-bond acceptors (Lipinski definition) is 4. The van der Waals surface area contributed by atoms with Gasteiger partial charge in [0.05, 0.1) is 11.0 Å². The Morgan fingerprint density at radius 2 is 1.71 bits per heavy atom. The number of ketones is 1. The summed E-state index contributed by atoms with van der Waals surface area (Å²) in [5, 5.41) is 2.52. The van der Waals surface area contributed by atoms with Crippen molar-refractivity contribution in [3.05, 3.63) is 35.4 Å². The predicted octanol–water partition coefficient (Wildman–Crippen LogP) is 3.57. The average Bonchev–Trinajstić information content (AvgIpc) is 2.61. The Morgan fingerprint density at radius 3 is 2.29 bits per heavy atom. The van der Waals surface area contributed by atoms with Crippen molar-refractivity contribution in [2.45, 2.75) is 71.1 Å². The van der Waals surface area contributed by atoms with Crippen LogP contribution in [-0.2, 0) is 21.1 Å². The maximum Gasteiger partial charge on any atom is 0.251 e. The molecule has 0 radical (unpaired) electrons. The molecule has 0 unspecified atom stereocenters. The second-order valence-electron chi connectivity index (χ2n) is 8.57. The van der Waals surface area contributed by atoms with Crippen molar-refractivity contribution in [2.75, 3.05) is 5.75 Å². The highest BCUT2D eigenvalue weighted by Gasteiger charge is 2.30. The topological polar surface area (TPSA) is 80.3 Å².